The second-order valence-corrected chi connectivity index (χ2v) is 10.4. The van der Waals surface area contributed by atoms with E-state index in [0.29, 0.717) is 11.4 Å². The summed E-state index contributed by atoms with van der Waals surface area (Å²) in [5.41, 5.74) is 0.944. The van der Waals surface area contributed by atoms with Gasteiger partial charge >= 0.3 is 0 Å². The molecule has 128 valence electrons. The van der Waals surface area contributed by atoms with E-state index in [1.807, 2.05) is 30.3 Å². The van der Waals surface area contributed by atoms with Crippen molar-refractivity contribution in [3.05, 3.63) is 56.1 Å². The molecule has 1 aliphatic rings. The van der Waals surface area contributed by atoms with E-state index < -0.39 is 10.0 Å². The third-order valence-corrected chi connectivity index (χ3v) is 8.34. The maximum absolute atomic E-state index is 13.0. The van der Waals surface area contributed by atoms with Gasteiger partial charge in [0.2, 0.25) is 10.0 Å². The summed E-state index contributed by atoms with van der Waals surface area (Å²) in [4.78, 5) is 0.336. The standard InChI is InChI=1S/C16H15BrINO3S2/c1-22-15-7-2-11(10-14(15)17)16-19(8-9-23-16)24(20,21)13-5-3-12(18)4-6-13/h2-7,10,16H,8-9H2,1H3/t16-/m0/s1. The fraction of sp³-hybridized carbons (Fsp3) is 0.250. The Hall–Kier alpha value is -0.290. The predicted molar refractivity (Wildman–Crippen MR) is 109 cm³/mol. The molecule has 1 atom stereocenters. The zero-order valence-corrected chi connectivity index (χ0v) is 18.2. The molecule has 0 radical (unpaired) electrons. The molecule has 1 saturated heterocycles. The third kappa shape index (κ3) is 3.62. The van der Waals surface area contributed by atoms with E-state index in [0.717, 1.165) is 25.1 Å². The molecule has 0 aromatic heterocycles. The van der Waals surface area contributed by atoms with Crippen LogP contribution in [0.3, 0.4) is 0 Å². The van der Waals surface area contributed by atoms with Gasteiger partial charge in [-0.25, -0.2) is 8.42 Å². The first-order valence-corrected chi connectivity index (χ1v) is 11.5. The molecule has 1 fully saturated rings. The van der Waals surface area contributed by atoms with Crippen LogP contribution in [-0.4, -0.2) is 32.1 Å². The van der Waals surface area contributed by atoms with Crippen molar-refractivity contribution < 1.29 is 13.2 Å². The molecule has 0 N–H and O–H groups in total. The van der Waals surface area contributed by atoms with Crippen molar-refractivity contribution in [3.8, 4) is 5.75 Å². The first-order valence-electron chi connectivity index (χ1n) is 7.16. The fourth-order valence-corrected chi connectivity index (χ4v) is 6.69. The van der Waals surface area contributed by atoms with Gasteiger partial charge in [0.05, 0.1) is 21.9 Å². The molecule has 0 amide bonds. The monoisotopic (exact) mass is 539 g/mol. The van der Waals surface area contributed by atoms with Crippen molar-refractivity contribution in [3.63, 3.8) is 0 Å². The summed E-state index contributed by atoms with van der Waals surface area (Å²) in [6.07, 6.45) is 0. The number of sulfonamides is 1. The fourth-order valence-electron chi connectivity index (χ4n) is 2.54. The van der Waals surface area contributed by atoms with Gasteiger partial charge in [-0.15, -0.1) is 11.8 Å². The molecule has 1 heterocycles. The van der Waals surface area contributed by atoms with E-state index in [4.69, 9.17) is 4.74 Å². The normalized spacial score (nSPS) is 18.7. The first-order chi connectivity index (χ1) is 11.4. The summed E-state index contributed by atoms with van der Waals surface area (Å²) >= 11 is 7.28. The molecule has 1 aliphatic heterocycles. The zero-order valence-electron chi connectivity index (χ0n) is 12.8. The topological polar surface area (TPSA) is 46.6 Å². The molecule has 8 heteroatoms. The number of rotatable bonds is 4. The van der Waals surface area contributed by atoms with Crippen LogP contribution in [0, 0.1) is 3.57 Å². The Morgan fingerprint density at radius 3 is 2.58 bits per heavy atom. The molecule has 0 saturated carbocycles. The highest BCUT2D eigenvalue weighted by atomic mass is 127. The van der Waals surface area contributed by atoms with Crippen molar-refractivity contribution in [2.24, 2.45) is 0 Å². The average Bonchev–Trinajstić information content (AvgIpc) is 3.05. The summed E-state index contributed by atoms with van der Waals surface area (Å²) in [5, 5.41) is -0.225. The van der Waals surface area contributed by atoms with Crippen LogP contribution in [0.5, 0.6) is 5.75 Å². The van der Waals surface area contributed by atoms with Crippen molar-refractivity contribution in [1.82, 2.24) is 4.31 Å². The number of hydrogen-bond acceptors (Lipinski definition) is 4. The zero-order chi connectivity index (χ0) is 17.3. The number of methoxy groups -OCH3 is 1. The van der Waals surface area contributed by atoms with E-state index in [-0.39, 0.29) is 5.37 Å². The smallest absolute Gasteiger partial charge is 0.244 e. The molecule has 2 aromatic carbocycles. The molecule has 0 aliphatic carbocycles. The quantitative estimate of drug-likeness (QED) is 0.537. The van der Waals surface area contributed by atoms with E-state index in [9.17, 15) is 8.42 Å². The Morgan fingerprint density at radius 1 is 1.25 bits per heavy atom. The van der Waals surface area contributed by atoms with Gasteiger partial charge in [0.25, 0.3) is 0 Å². The Bertz CT molecular complexity index is 843. The lowest BCUT2D eigenvalue weighted by Gasteiger charge is -2.24. The van der Waals surface area contributed by atoms with Crippen LogP contribution >= 0.6 is 50.3 Å². The highest BCUT2D eigenvalue weighted by Gasteiger charge is 2.37. The van der Waals surface area contributed by atoms with Crippen molar-refractivity contribution in [2.75, 3.05) is 19.4 Å². The van der Waals surface area contributed by atoms with Crippen molar-refractivity contribution in [2.45, 2.75) is 10.3 Å². The van der Waals surface area contributed by atoms with E-state index in [1.54, 1.807) is 35.3 Å². The predicted octanol–water partition coefficient (Wildman–Crippen LogP) is 4.50. The Labute approximate surface area is 168 Å². The van der Waals surface area contributed by atoms with Gasteiger partial charge in [-0.05, 0) is 80.5 Å². The van der Waals surface area contributed by atoms with Crippen molar-refractivity contribution in [1.29, 1.82) is 0 Å². The molecule has 4 nitrogen and oxygen atoms in total. The SMILES string of the molecule is COc1ccc([C@@H]2SCCN2S(=O)(=O)c2ccc(I)cc2)cc1Br. The largest absolute Gasteiger partial charge is 0.496 e. The molecule has 24 heavy (non-hydrogen) atoms. The summed E-state index contributed by atoms with van der Waals surface area (Å²) < 4.78 is 34.7. The average molecular weight is 540 g/mol. The minimum absolute atomic E-state index is 0.225. The molecule has 3 rings (SSSR count). The van der Waals surface area contributed by atoms with Crippen LogP contribution in [-0.2, 0) is 10.0 Å². The van der Waals surface area contributed by atoms with Crippen LogP contribution in [0.1, 0.15) is 10.9 Å². The van der Waals surface area contributed by atoms with Gasteiger partial charge in [0.1, 0.15) is 5.75 Å². The highest BCUT2D eigenvalue weighted by Crippen LogP contribution is 2.43. The van der Waals surface area contributed by atoms with Gasteiger partial charge in [-0.1, -0.05) is 6.07 Å². The lowest BCUT2D eigenvalue weighted by atomic mass is 10.2. The molecule has 0 unspecified atom stereocenters. The summed E-state index contributed by atoms with van der Waals surface area (Å²) in [6, 6.07) is 12.7. The summed E-state index contributed by atoms with van der Waals surface area (Å²) in [7, 11) is -1.91. The van der Waals surface area contributed by atoms with Gasteiger partial charge in [0.15, 0.2) is 0 Å². The number of nitrogens with zero attached hydrogens (tertiary/aromatic N) is 1. The first kappa shape index (κ1) is 18.5. The second-order valence-electron chi connectivity index (χ2n) is 5.19. The Kier molecular flexibility index (Phi) is 5.80. The lowest BCUT2D eigenvalue weighted by Crippen LogP contribution is -2.30. The number of ether oxygens (including phenoxy) is 1. The summed E-state index contributed by atoms with van der Waals surface area (Å²) in [5.74, 6) is 1.51. The van der Waals surface area contributed by atoms with Gasteiger partial charge < -0.3 is 4.74 Å². The lowest BCUT2D eigenvalue weighted by molar-refractivity contribution is 0.410. The van der Waals surface area contributed by atoms with Gasteiger partial charge in [0, 0.05) is 15.9 Å². The number of benzene rings is 2. The molecular formula is C16H15BrINO3S2. The maximum Gasteiger partial charge on any atom is 0.244 e. The Balaban J connectivity index is 1.95. The minimum atomic E-state index is -3.52. The maximum atomic E-state index is 13.0. The minimum Gasteiger partial charge on any atom is -0.496 e. The third-order valence-electron chi connectivity index (χ3n) is 3.73. The molecule has 2 aromatic rings. The highest BCUT2D eigenvalue weighted by molar-refractivity contribution is 14.1. The van der Waals surface area contributed by atoms with Crippen LogP contribution in [0.2, 0.25) is 0 Å². The van der Waals surface area contributed by atoms with Gasteiger partial charge in [-0.3, -0.25) is 0 Å². The van der Waals surface area contributed by atoms with E-state index in [2.05, 4.69) is 38.5 Å². The van der Waals surface area contributed by atoms with E-state index in [1.165, 1.54) is 0 Å². The number of hydrogen-bond donors (Lipinski definition) is 0. The number of thioether (sulfide) groups is 1. The van der Waals surface area contributed by atoms with Crippen LogP contribution in [0.25, 0.3) is 0 Å². The Morgan fingerprint density at radius 2 is 1.96 bits per heavy atom. The van der Waals surface area contributed by atoms with Gasteiger partial charge in [-0.2, -0.15) is 4.31 Å². The number of halogens is 2. The second kappa shape index (κ2) is 7.53. The van der Waals surface area contributed by atoms with Crippen LogP contribution in [0.15, 0.2) is 51.8 Å². The molecular weight excluding hydrogens is 525 g/mol. The molecule has 0 spiro atoms. The molecule has 0 bridgehead atoms. The van der Waals surface area contributed by atoms with Crippen LogP contribution in [0.4, 0.5) is 0 Å². The van der Waals surface area contributed by atoms with Crippen molar-refractivity contribution >= 4 is 60.3 Å². The summed E-state index contributed by atoms with van der Waals surface area (Å²) in [6.45, 7) is 0.507. The van der Waals surface area contributed by atoms with E-state index >= 15 is 0 Å². The van der Waals surface area contributed by atoms with Crippen LogP contribution < -0.4 is 4.74 Å².